The van der Waals surface area contributed by atoms with Gasteiger partial charge in [0.05, 0.1) is 5.69 Å². The van der Waals surface area contributed by atoms with Gasteiger partial charge in [-0.05, 0) is 61.5 Å². The monoisotopic (exact) mass is 587 g/mol. The molecule has 0 bridgehead atoms. The van der Waals surface area contributed by atoms with Crippen molar-refractivity contribution in [2.75, 3.05) is 11.4 Å². The van der Waals surface area contributed by atoms with Crippen LogP contribution in [0.4, 0.5) is 5.69 Å². The van der Waals surface area contributed by atoms with Crippen molar-refractivity contribution in [2.24, 2.45) is 0 Å². The highest BCUT2D eigenvalue weighted by molar-refractivity contribution is 6.35. The summed E-state index contributed by atoms with van der Waals surface area (Å²) in [5.74, 6) is -0.912. The Morgan fingerprint density at radius 1 is 0.927 bits per heavy atom. The molecule has 6 nitrogen and oxygen atoms in total. The summed E-state index contributed by atoms with van der Waals surface area (Å²) in [4.78, 5) is 44.6. The highest BCUT2D eigenvalue weighted by Crippen LogP contribution is 2.37. The van der Waals surface area contributed by atoms with E-state index in [2.05, 4.69) is 5.32 Å². The minimum absolute atomic E-state index is 0.0586. The molecule has 5 rings (SSSR count). The van der Waals surface area contributed by atoms with Crippen molar-refractivity contribution in [3.63, 3.8) is 0 Å². The summed E-state index contributed by atoms with van der Waals surface area (Å²) in [5, 5.41) is 5.66. The lowest BCUT2D eigenvalue weighted by Crippen LogP contribution is -2.56. The topological polar surface area (TPSA) is 69.7 Å². The first-order valence-electron chi connectivity index (χ1n) is 13.4. The third-order valence-electron chi connectivity index (χ3n) is 7.07. The summed E-state index contributed by atoms with van der Waals surface area (Å²) in [7, 11) is 0. The molecular weight excluding hydrogens is 557 g/mol. The number of anilines is 1. The first-order valence-corrected chi connectivity index (χ1v) is 14.2. The average molecular weight is 589 g/mol. The van der Waals surface area contributed by atoms with E-state index in [0.717, 1.165) is 16.3 Å². The third kappa shape index (κ3) is 6.24. The number of hydrogen-bond donors (Lipinski definition) is 1. The van der Waals surface area contributed by atoms with Crippen LogP contribution in [0, 0.1) is 0 Å². The molecule has 0 spiro atoms. The molecule has 210 valence electrons. The normalized spacial score (nSPS) is 13.4. The van der Waals surface area contributed by atoms with E-state index in [1.807, 2.05) is 81.4 Å². The third-order valence-corrected chi connectivity index (χ3v) is 7.65. The molecule has 4 aromatic carbocycles. The minimum atomic E-state index is -0.869. The Kier molecular flexibility index (Phi) is 8.07. The maximum atomic E-state index is 14.3. The molecule has 1 atom stereocenters. The molecule has 0 fully saturated rings. The molecule has 1 N–H and O–H groups in total. The smallest absolute Gasteiger partial charge is 0.259 e. The quantitative estimate of drug-likeness (QED) is 0.250. The van der Waals surface area contributed by atoms with Crippen molar-refractivity contribution in [3.05, 3.63) is 112 Å². The van der Waals surface area contributed by atoms with Crippen LogP contribution in [0.3, 0.4) is 0 Å². The van der Waals surface area contributed by atoms with Crippen molar-refractivity contribution in [1.29, 1.82) is 0 Å². The predicted octanol–water partition coefficient (Wildman–Crippen LogP) is 6.66. The Morgan fingerprint density at radius 3 is 2.32 bits per heavy atom. The molecule has 1 heterocycles. The largest absolute Gasteiger partial charge is 0.350 e. The zero-order valence-electron chi connectivity index (χ0n) is 23.2. The average Bonchev–Trinajstić information content (AvgIpc) is 3.19. The number of halogens is 2. The second-order valence-electron chi connectivity index (χ2n) is 11.3. The van der Waals surface area contributed by atoms with Crippen LogP contribution in [-0.2, 0) is 22.6 Å². The molecule has 41 heavy (non-hydrogen) atoms. The fourth-order valence-electron chi connectivity index (χ4n) is 5.20. The van der Waals surface area contributed by atoms with E-state index >= 15 is 0 Å². The van der Waals surface area contributed by atoms with Crippen LogP contribution in [0.15, 0.2) is 84.9 Å². The molecule has 0 saturated heterocycles. The van der Waals surface area contributed by atoms with Crippen molar-refractivity contribution in [1.82, 2.24) is 10.2 Å². The summed E-state index contributed by atoms with van der Waals surface area (Å²) in [6.45, 7) is 5.52. The Morgan fingerprint density at radius 2 is 1.63 bits per heavy atom. The van der Waals surface area contributed by atoms with Gasteiger partial charge >= 0.3 is 0 Å². The fourth-order valence-corrected chi connectivity index (χ4v) is 5.67. The summed E-state index contributed by atoms with van der Waals surface area (Å²) in [6.07, 6.45) is 0.281. The van der Waals surface area contributed by atoms with Gasteiger partial charge in [0, 0.05) is 39.5 Å². The number of nitrogens with one attached hydrogen (secondary N) is 1. The van der Waals surface area contributed by atoms with Crippen LogP contribution < -0.4 is 10.2 Å². The Hall–Kier alpha value is -3.87. The summed E-state index contributed by atoms with van der Waals surface area (Å²) >= 11 is 12.7. The number of benzene rings is 4. The Labute approximate surface area is 249 Å². The molecule has 0 unspecified atom stereocenters. The second-order valence-corrected chi connectivity index (χ2v) is 12.1. The zero-order valence-corrected chi connectivity index (χ0v) is 24.7. The molecule has 0 aromatic heterocycles. The molecule has 1 aliphatic rings. The van der Waals surface area contributed by atoms with E-state index in [4.69, 9.17) is 23.2 Å². The summed E-state index contributed by atoms with van der Waals surface area (Å²) in [5.41, 5.74) is 2.25. The van der Waals surface area contributed by atoms with E-state index in [1.165, 1.54) is 9.80 Å². The van der Waals surface area contributed by atoms with Gasteiger partial charge in [-0.3, -0.25) is 19.3 Å². The van der Waals surface area contributed by atoms with Crippen molar-refractivity contribution < 1.29 is 14.4 Å². The van der Waals surface area contributed by atoms with Gasteiger partial charge in [0.15, 0.2) is 0 Å². The molecule has 4 aromatic rings. The lowest BCUT2D eigenvalue weighted by molar-refractivity contribution is -0.140. The second kappa shape index (κ2) is 11.6. The zero-order chi connectivity index (χ0) is 29.3. The Balaban J connectivity index is 1.54. The molecular formula is C33H31Cl2N3O3. The van der Waals surface area contributed by atoms with Gasteiger partial charge in [-0.15, -0.1) is 0 Å². The predicted molar refractivity (Wildman–Crippen MR) is 164 cm³/mol. The van der Waals surface area contributed by atoms with Crippen LogP contribution in [-0.4, -0.2) is 40.7 Å². The first-order chi connectivity index (χ1) is 19.5. The van der Waals surface area contributed by atoms with Gasteiger partial charge in [0.25, 0.3) is 5.91 Å². The SMILES string of the molecule is CC(C)(C)NC(=O)[C@@H](Cc1ccccc1)N(Cc1ccc(Cl)cc1Cl)C(=O)CN1C(=O)c2cccc3cccc1c23. The maximum Gasteiger partial charge on any atom is 0.259 e. The van der Waals surface area contributed by atoms with Gasteiger partial charge in [-0.25, -0.2) is 0 Å². The van der Waals surface area contributed by atoms with Crippen LogP contribution in [0.2, 0.25) is 10.0 Å². The lowest BCUT2D eigenvalue weighted by Gasteiger charge is -2.35. The van der Waals surface area contributed by atoms with Crippen LogP contribution in [0.25, 0.3) is 10.8 Å². The highest BCUT2D eigenvalue weighted by atomic mass is 35.5. The number of carbonyl (C=O) groups is 3. The fraction of sp³-hybridized carbons (Fsp3) is 0.242. The molecule has 8 heteroatoms. The van der Waals surface area contributed by atoms with Gasteiger partial charge in [-0.2, -0.15) is 0 Å². The maximum absolute atomic E-state index is 14.3. The number of hydrogen-bond acceptors (Lipinski definition) is 3. The lowest BCUT2D eigenvalue weighted by atomic mass is 10.0. The van der Waals surface area contributed by atoms with Crippen LogP contribution in [0.5, 0.6) is 0 Å². The van der Waals surface area contributed by atoms with Crippen LogP contribution in [0.1, 0.15) is 42.3 Å². The minimum Gasteiger partial charge on any atom is -0.350 e. The molecule has 0 aliphatic carbocycles. The van der Waals surface area contributed by atoms with Crippen molar-refractivity contribution >= 4 is 57.4 Å². The van der Waals surface area contributed by atoms with Crippen molar-refractivity contribution in [2.45, 2.75) is 45.3 Å². The van der Waals surface area contributed by atoms with Gasteiger partial charge in [0.2, 0.25) is 11.8 Å². The van der Waals surface area contributed by atoms with E-state index in [-0.39, 0.29) is 37.2 Å². The number of nitrogens with zero attached hydrogens (tertiary/aromatic N) is 2. The Bertz CT molecular complexity index is 1630. The number of carbonyl (C=O) groups excluding carboxylic acids is 3. The molecule has 1 aliphatic heterocycles. The van der Waals surface area contributed by atoms with E-state index < -0.39 is 11.6 Å². The van der Waals surface area contributed by atoms with E-state index in [9.17, 15) is 14.4 Å². The van der Waals surface area contributed by atoms with E-state index in [1.54, 1.807) is 24.3 Å². The van der Waals surface area contributed by atoms with Crippen LogP contribution >= 0.6 is 23.2 Å². The molecule has 0 saturated carbocycles. The number of rotatable bonds is 8. The molecule has 3 amide bonds. The van der Waals surface area contributed by atoms with Crippen molar-refractivity contribution in [3.8, 4) is 0 Å². The van der Waals surface area contributed by atoms with Gasteiger partial charge < -0.3 is 10.2 Å². The summed E-state index contributed by atoms with van der Waals surface area (Å²) in [6, 6.07) is 25.0. The van der Waals surface area contributed by atoms with E-state index in [0.29, 0.717) is 26.9 Å². The first kappa shape index (κ1) is 28.7. The summed E-state index contributed by atoms with van der Waals surface area (Å²) < 4.78 is 0. The highest BCUT2D eigenvalue weighted by Gasteiger charge is 2.36. The van der Waals surface area contributed by atoms with Gasteiger partial charge in [0.1, 0.15) is 12.6 Å². The van der Waals surface area contributed by atoms with Gasteiger partial charge in [-0.1, -0.05) is 83.9 Å². The molecule has 0 radical (unpaired) electrons. The number of amides is 3. The standard InChI is InChI=1S/C33H31Cl2N3O3/c1-33(2,3)36-31(40)28(17-21-9-5-4-6-10-21)37(19-23-15-16-24(34)18-26(23)35)29(39)20-38-27-14-8-12-22-11-7-13-25(30(22)27)32(38)41/h4-16,18,28H,17,19-20H2,1-3H3,(H,36,40)/t28-/m1/s1.